The zero-order valence-corrected chi connectivity index (χ0v) is 31.8. The quantitative estimate of drug-likeness (QED) is 0.0934. The molecule has 0 radical (unpaired) electrons. The van der Waals surface area contributed by atoms with Crippen LogP contribution < -0.4 is 10.1 Å². The van der Waals surface area contributed by atoms with Gasteiger partial charge in [0.2, 0.25) is 0 Å². The van der Waals surface area contributed by atoms with E-state index in [2.05, 4.69) is 29.6 Å². The van der Waals surface area contributed by atoms with Gasteiger partial charge < -0.3 is 19.5 Å². The molecule has 282 valence electrons. The zero-order valence-electron chi connectivity index (χ0n) is 31.1. The van der Waals surface area contributed by atoms with Crippen molar-refractivity contribution >= 4 is 23.7 Å². The molecule has 1 amide bonds. The molecule has 1 aliphatic rings. The largest absolute Gasteiger partial charge is 0.489 e. The average Bonchev–Trinajstić information content (AvgIpc) is 3.59. The maximum absolute atomic E-state index is 14.9. The van der Waals surface area contributed by atoms with E-state index in [4.69, 9.17) is 25.8 Å². The highest BCUT2D eigenvalue weighted by molar-refractivity contribution is 6.31. The molecular weight excluding hydrogens is 730 g/mol. The Kier molecular flexibility index (Phi) is 11.1. The Morgan fingerprint density at radius 3 is 1.72 bits per heavy atom. The molecule has 7 aromatic rings. The van der Waals surface area contributed by atoms with Crippen LogP contribution in [0.25, 0.3) is 11.1 Å². The highest BCUT2D eigenvalue weighted by Crippen LogP contribution is 2.45. The molecule has 0 bridgehead atoms. The molecule has 6 nitrogen and oxygen atoms in total. The summed E-state index contributed by atoms with van der Waals surface area (Å²) in [7, 11) is 0. The summed E-state index contributed by atoms with van der Waals surface area (Å²) >= 11 is 6.95. The van der Waals surface area contributed by atoms with Crippen LogP contribution in [0.15, 0.2) is 188 Å². The number of rotatable bonds is 13. The number of hydrogen-bond donors (Lipinski definition) is 1. The van der Waals surface area contributed by atoms with E-state index in [-0.39, 0.29) is 18.9 Å². The van der Waals surface area contributed by atoms with Gasteiger partial charge in [0.05, 0.1) is 0 Å². The van der Waals surface area contributed by atoms with E-state index in [0.717, 1.165) is 33.4 Å². The highest BCUT2D eigenvalue weighted by atomic mass is 35.5. The SMILES string of the molecule is O=C(N[C@H](Cc1ccc(OCc2ccccc2)cc1)C(=O)OC(c1ccccc1)(c1ccccc1)c1ccccc1Cl)OCC1c2ccccc2-c2ccccc21. The molecule has 0 aromatic heterocycles. The number of carbonyl (C=O) groups excluding carboxylic acids is 2. The number of fused-ring (bicyclic) bond motifs is 3. The first kappa shape index (κ1) is 37.3. The maximum atomic E-state index is 14.9. The van der Waals surface area contributed by atoms with Gasteiger partial charge in [-0.15, -0.1) is 0 Å². The van der Waals surface area contributed by atoms with E-state index in [9.17, 15) is 9.59 Å². The Labute approximate surface area is 337 Å². The minimum Gasteiger partial charge on any atom is -0.489 e. The summed E-state index contributed by atoms with van der Waals surface area (Å²) in [6.07, 6.45) is -0.617. The number of benzene rings is 7. The smallest absolute Gasteiger partial charge is 0.407 e. The lowest BCUT2D eigenvalue weighted by molar-refractivity contribution is -0.156. The summed E-state index contributed by atoms with van der Waals surface area (Å²) in [6, 6.07) is 58.9. The van der Waals surface area contributed by atoms with Crippen molar-refractivity contribution in [3.05, 3.63) is 232 Å². The van der Waals surface area contributed by atoms with Gasteiger partial charge in [-0.1, -0.05) is 181 Å². The molecule has 1 aliphatic carbocycles. The van der Waals surface area contributed by atoms with Crippen molar-refractivity contribution in [2.24, 2.45) is 0 Å². The van der Waals surface area contributed by atoms with Crippen LogP contribution in [0.5, 0.6) is 5.75 Å². The molecule has 1 N–H and O–H groups in total. The number of alkyl carbamates (subject to hydrolysis) is 1. The van der Waals surface area contributed by atoms with Gasteiger partial charge >= 0.3 is 12.1 Å². The van der Waals surface area contributed by atoms with Crippen molar-refractivity contribution in [2.45, 2.75) is 30.6 Å². The van der Waals surface area contributed by atoms with E-state index in [1.807, 2.05) is 158 Å². The van der Waals surface area contributed by atoms with Crippen LogP contribution in [0.2, 0.25) is 5.02 Å². The standard InChI is InChI=1S/C50H40ClNO5/c51-46-27-15-14-26-45(46)50(37-18-6-2-7-19-37,38-20-8-3-9-21-38)57-48(53)47(32-35-28-30-39(31-29-35)55-33-36-16-4-1-5-17-36)52-49(54)56-34-44-42-24-12-10-22-40(42)41-23-11-13-25-43(41)44/h1-31,44,47H,32-34H2,(H,52,54)/t47-/m1/s1. The van der Waals surface area contributed by atoms with Crippen molar-refractivity contribution in [1.29, 1.82) is 0 Å². The lowest BCUT2D eigenvalue weighted by Gasteiger charge is -2.37. The van der Waals surface area contributed by atoms with Crippen LogP contribution in [0.4, 0.5) is 4.79 Å². The first-order valence-corrected chi connectivity index (χ1v) is 19.3. The third kappa shape index (κ3) is 8.04. The van der Waals surface area contributed by atoms with E-state index >= 15 is 0 Å². The molecule has 7 aromatic carbocycles. The van der Waals surface area contributed by atoms with E-state index < -0.39 is 23.7 Å². The highest BCUT2D eigenvalue weighted by Gasteiger charge is 2.44. The van der Waals surface area contributed by atoms with Gasteiger partial charge in [-0.2, -0.15) is 0 Å². The fourth-order valence-corrected chi connectivity index (χ4v) is 7.91. The van der Waals surface area contributed by atoms with Gasteiger partial charge in [-0.25, -0.2) is 9.59 Å². The lowest BCUT2D eigenvalue weighted by atomic mass is 9.80. The summed E-state index contributed by atoms with van der Waals surface area (Å²) in [6.45, 7) is 0.508. The molecule has 0 saturated heterocycles. The predicted octanol–water partition coefficient (Wildman–Crippen LogP) is 10.9. The first-order chi connectivity index (χ1) is 28.0. The third-order valence-electron chi connectivity index (χ3n) is 10.4. The maximum Gasteiger partial charge on any atom is 0.407 e. The Balaban J connectivity index is 1.10. The van der Waals surface area contributed by atoms with Crippen LogP contribution in [0.3, 0.4) is 0 Å². The average molecular weight is 770 g/mol. The molecule has 0 aliphatic heterocycles. The fourth-order valence-electron chi connectivity index (χ4n) is 7.64. The Hall–Kier alpha value is -6.63. The van der Waals surface area contributed by atoms with E-state index in [1.165, 1.54) is 0 Å². The summed E-state index contributed by atoms with van der Waals surface area (Å²) in [5.41, 5.74) is 6.76. The second-order valence-corrected chi connectivity index (χ2v) is 14.4. The van der Waals surface area contributed by atoms with Gasteiger partial charge in [0, 0.05) is 34.1 Å². The number of halogens is 1. The summed E-state index contributed by atoms with van der Waals surface area (Å²) in [4.78, 5) is 28.7. The van der Waals surface area contributed by atoms with Crippen LogP contribution >= 0.6 is 11.6 Å². The third-order valence-corrected chi connectivity index (χ3v) is 10.7. The predicted molar refractivity (Wildman–Crippen MR) is 223 cm³/mol. The first-order valence-electron chi connectivity index (χ1n) is 19.0. The molecule has 0 heterocycles. The molecule has 0 unspecified atom stereocenters. The number of carbonyl (C=O) groups is 2. The number of hydrogen-bond acceptors (Lipinski definition) is 5. The second kappa shape index (κ2) is 17.0. The Bertz CT molecular complexity index is 2370. The normalized spacial score (nSPS) is 12.5. The van der Waals surface area contributed by atoms with Gasteiger partial charge in [-0.3, -0.25) is 0 Å². The Morgan fingerprint density at radius 2 is 1.12 bits per heavy atom. The van der Waals surface area contributed by atoms with Crippen molar-refractivity contribution in [3.63, 3.8) is 0 Å². The molecule has 7 heteroatoms. The monoisotopic (exact) mass is 769 g/mol. The minimum absolute atomic E-state index is 0.0899. The number of amides is 1. The second-order valence-electron chi connectivity index (χ2n) is 14.0. The summed E-state index contributed by atoms with van der Waals surface area (Å²) in [5.74, 6) is -0.140. The van der Waals surface area contributed by atoms with Crippen LogP contribution in [-0.2, 0) is 32.9 Å². The molecule has 8 rings (SSSR count). The van der Waals surface area contributed by atoms with Gasteiger partial charge in [0.15, 0.2) is 5.60 Å². The van der Waals surface area contributed by atoms with Gasteiger partial charge in [0.1, 0.15) is 25.0 Å². The summed E-state index contributed by atoms with van der Waals surface area (Å²) < 4.78 is 18.8. The number of nitrogens with one attached hydrogen (secondary N) is 1. The molecule has 1 atom stereocenters. The van der Waals surface area contributed by atoms with E-state index in [0.29, 0.717) is 34.1 Å². The van der Waals surface area contributed by atoms with Crippen molar-refractivity contribution in [3.8, 4) is 16.9 Å². The lowest BCUT2D eigenvalue weighted by Crippen LogP contribution is -2.47. The number of esters is 1. The van der Waals surface area contributed by atoms with Crippen LogP contribution in [0, 0.1) is 0 Å². The van der Waals surface area contributed by atoms with E-state index in [1.54, 1.807) is 6.07 Å². The molecule has 0 saturated carbocycles. The number of ether oxygens (including phenoxy) is 3. The van der Waals surface area contributed by atoms with Gasteiger partial charge in [0.25, 0.3) is 0 Å². The summed E-state index contributed by atoms with van der Waals surface area (Å²) in [5, 5.41) is 3.31. The molecular formula is C50H40ClNO5. The zero-order chi connectivity index (χ0) is 39.0. The van der Waals surface area contributed by atoms with Crippen molar-refractivity contribution in [2.75, 3.05) is 6.61 Å². The van der Waals surface area contributed by atoms with Crippen molar-refractivity contribution in [1.82, 2.24) is 5.32 Å². The molecule has 0 fully saturated rings. The van der Waals surface area contributed by atoms with Crippen LogP contribution in [0.1, 0.15) is 44.9 Å². The van der Waals surface area contributed by atoms with Gasteiger partial charge in [-0.05, 0) is 51.6 Å². The Morgan fingerprint density at radius 1 is 0.596 bits per heavy atom. The van der Waals surface area contributed by atoms with Crippen molar-refractivity contribution < 1.29 is 23.8 Å². The minimum atomic E-state index is -1.46. The fraction of sp³-hybridized carbons (Fsp3) is 0.120. The molecule has 57 heavy (non-hydrogen) atoms. The topological polar surface area (TPSA) is 73.9 Å². The molecule has 0 spiro atoms. The van der Waals surface area contributed by atoms with Crippen LogP contribution in [-0.4, -0.2) is 24.7 Å².